The number of nitrogens with zero attached hydrogens (tertiary/aromatic N) is 5. The van der Waals surface area contributed by atoms with Gasteiger partial charge in [0, 0.05) is 23.6 Å². The number of carbonyl (C=O) groups is 1. The number of hydrogen-bond acceptors (Lipinski definition) is 8. The van der Waals surface area contributed by atoms with E-state index in [-0.39, 0.29) is 17.4 Å². The van der Waals surface area contributed by atoms with Crippen LogP contribution in [0.25, 0.3) is 17.1 Å². The SMILES string of the molecule is CCOc1ccc(-n2c(SCC(=O)N/N=C(/C)c3ccc(O)cc3)nnc2-c2cccnc2)cc1. The van der Waals surface area contributed by atoms with E-state index in [0.29, 0.717) is 23.3 Å². The number of phenolic OH excluding ortho intramolecular Hbond substituents is 1. The molecule has 0 radical (unpaired) electrons. The summed E-state index contributed by atoms with van der Waals surface area (Å²) in [5.74, 6) is 1.37. The molecule has 0 atom stereocenters. The van der Waals surface area contributed by atoms with Gasteiger partial charge in [-0.2, -0.15) is 5.10 Å². The molecule has 178 valence electrons. The van der Waals surface area contributed by atoms with Crippen molar-refractivity contribution in [1.29, 1.82) is 0 Å². The van der Waals surface area contributed by atoms with E-state index >= 15 is 0 Å². The van der Waals surface area contributed by atoms with Crippen LogP contribution in [-0.2, 0) is 4.79 Å². The molecule has 2 aromatic heterocycles. The molecule has 0 saturated carbocycles. The maximum absolute atomic E-state index is 12.5. The van der Waals surface area contributed by atoms with Gasteiger partial charge in [-0.3, -0.25) is 14.3 Å². The number of aromatic nitrogens is 4. The Bertz CT molecular complexity index is 1310. The summed E-state index contributed by atoms with van der Waals surface area (Å²) in [6, 6.07) is 17.9. The van der Waals surface area contributed by atoms with Gasteiger partial charge in [0.25, 0.3) is 5.91 Å². The topological polar surface area (TPSA) is 115 Å². The molecule has 35 heavy (non-hydrogen) atoms. The Morgan fingerprint density at radius 3 is 2.57 bits per heavy atom. The van der Waals surface area contributed by atoms with Crippen molar-refractivity contribution in [3.8, 4) is 28.6 Å². The molecule has 9 nitrogen and oxygen atoms in total. The first-order valence-electron chi connectivity index (χ1n) is 10.9. The number of phenols is 1. The van der Waals surface area contributed by atoms with Crippen molar-refractivity contribution >= 4 is 23.4 Å². The lowest BCUT2D eigenvalue weighted by molar-refractivity contribution is -0.118. The number of benzene rings is 2. The molecule has 2 N–H and O–H groups in total. The molecule has 0 fully saturated rings. The number of nitrogens with one attached hydrogen (secondary N) is 1. The number of hydrogen-bond donors (Lipinski definition) is 2. The zero-order chi connectivity index (χ0) is 24.6. The van der Waals surface area contributed by atoms with Crippen molar-refractivity contribution in [2.45, 2.75) is 19.0 Å². The largest absolute Gasteiger partial charge is 0.508 e. The third-order valence-electron chi connectivity index (χ3n) is 4.92. The van der Waals surface area contributed by atoms with E-state index in [1.54, 1.807) is 43.6 Å². The first-order valence-corrected chi connectivity index (χ1v) is 11.9. The van der Waals surface area contributed by atoms with Gasteiger partial charge >= 0.3 is 0 Å². The molecule has 1 amide bonds. The smallest absolute Gasteiger partial charge is 0.250 e. The van der Waals surface area contributed by atoms with Gasteiger partial charge in [0.15, 0.2) is 11.0 Å². The second kappa shape index (κ2) is 11.3. The van der Waals surface area contributed by atoms with E-state index in [1.165, 1.54) is 11.8 Å². The van der Waals surface area contributed by atoms with E-state index in [4.69, 9.17) is 4.74 Å². The molecular formula is C25H24N6O3S. The van der Waals surface area contributed by atoms with E-state index < -0.39 is 0 Å². The molecule has 0 saturated heterocycles. The fourth-order valence-corrected chi connectivity index (χ4v) is 3.96. The highest BCUT2D eigenvalue weighted by molar-refractivity contribution is 7.99. The quantitative estimate of drug-likeness (QED) is 0.207. The summed E-state index contributed by atoms with van der Waals surface area (Å²) in [5, 5.41) is 22.8. The number of aromatic hydroxyl groups is 1. The van der Waals surface area contributed by atoms with E-state index in [2.05, 4.69) is 25.7 Å². The summed E-state index contributed by atoms with van der Waals surface area (Å²) in [5.41, 5.74) is 5.63. The number of ether oxygens (including phenoxy) is 1. The predicted octanol–water partition coefficient (Wildman–Crippen LogP) is 4.07. The Kier molecular flexibility index (Phi) is 7.74. The van der Waals surface area contributed by atoms with E-state index in [0.717, 1.165) is 22.6 Å². The zero-order valence-corrected chi connectivity index (χ0v) is 20.1. The Balaban J connectivity index is 1.52. The van der Waals surface area contributed by atoms with Gasteiger partial charge in [-0.25, -0.2) is 5.43 Å². The molecule has 4 rings (SSSR count). The van der Waals surface area contributed by atoms with Crippen LogP contribution in [0.3, 0.4) is 0 Å². The highest BCUT2D eigenvalue weighted by atomic mass is 32.2. The van der Waals surface area contributed by atoms with Gasteiger partial charge in [-0.15, -0.1) is 10.2 Å². The standard InChI is InChI=1S/C25H24N6O3S/c1-3-34-22-12-8-20(9-13-22)31-24(19-5-4-14-26-15-19)29-30-25(31)35-16-23(33)28-27-17(2)18-6-10-21(32)11-7-18/h4-15,32H,3,16H2,1-2H3,(H,28,33)/b27-17-. The van der Waals surface area contributed by atoms with Crippen molar-refractivity contribution in [2.24, 2.45) is 5.10 Å². The summed E-state index contributed by atoms with van der Waals surface area (Å²) in [6.07, 6.45) is 3.42. The highest BCUT2D eigenvalue weighted by Gasteiger charge is 2.17. The van der Waals surface area contributed by atoms with Gasteiger partial charge in [-0.1, -0.05) is 11.8 Å². The van der Waals surface area contributed by atoms with Crippen molar-refractivity contribution in [2.75, 3.05) is 12.4 Å². The number of hydrazone groups is 1. The van der Waals surface area contributed by atoms with Crippen molar-refractivity contribution < 1.29 is 14.6 Å². The van der Waals surface area contributed by atoms with Crippen LogP contribution in [0.2, 0.25) is 0 Å². The molecule has 0 aliphatic heterocycles. The maximum atomic E-state index is 12.5. The molecule has 0 bridgehead atoms. The van der Waals surface area contributed by atoms with Crippen LogP contribution in [0.15, 0.2) is 83.3 Å². The normalized spacial score (nSPS) is 11.3. The Morgan fingerprint density at radius 1 is 1.11 bits per heavy atom. The van der Waals surface area contributed by atoms with Gasteiger partial charge < -0.3 is 9.84 Å². The van der Waals surface area contributed by atoms with Crippen LogP contribution >= 0.6 is 11.8 Å². The summed E-state index contributed by atoms with van der Waals surface area (Å²) in [6.45, 7) is 4.30. The fraction of sp³-hybridized carbons (Fsp3) is 0.160. The van der Waals surface area contributed by atoms with Crippen LogP contribution in [0.4, 0.5) is 0 Å². The molecule has 2 aromatic carbocycles. The number of rotatable bonds is 9. The van der Waals surface area contributed by atoms with Crippen molar-refractivity contribution in [3.63, 3.8) is 0 Å². The number of pyridine rings is 1. The molecule has 0 unspecified atom stereocenters. The van der Waals surface area contributed by atoms with E-state index in [9.17, 15) is 9.90 Å². The molecule has 0 aliphatic carbocycles. The second-order valence-electron chi connectivity index (χ2n) is 7.38. The van der Waals surface area contributed by atoms with Crippen molar-refractivity contribution in [3.05, 3.63) is 78.6 Å². The lowest BCUT2D eigenvalue weighted by Gasteiger charge is -2.11. The van der Waals surface area contributed by atoms with Gasteiger partial charge in [0.2, 0.25) is 0 Å². The molecular weight excluding hydrogens is 464 g/mol. The Labute approximate surface area is 206 Å². The number of thioether (sulfide) groups is 1. The summed E-state index contributed by atoms with van der Waals surface area (Å²) >= 11 is 1.25. The minimum atomic E-state index is -0.280. The highest BCUT2D eigenvalue weighted by Crippen LogP contribution is 2.28. The third kappa shape index (κ3) is 6.04. The first kappa shape index (κ1) is 24.0. The summed E-state index contributed by atoms with van der Waals surface area (Å²) < 4.78 is 7.44. The van der Waals surface area contributed by atoms with Crippen LogP contribution in [-0.4, -0.2) is 48.8 Å². The average molecular weight is 489 g/mol. The van der Waals surface area contributed by atoms with Gasteiger partial charge in [0.05, 0.1) is 18.1 Å². The number of amides is 1. The van der Waals surface area contributed by atoms with Crippen LogP contribution in [0.1, 0.15) is 19.4 Å². The second-order valence-corrected chi connectivity index (χ2v) is 8.32. The minimum absolute atomic E-state index is 0.0918. The maximum Gasteiger partial charge on any atom is 0.250 e. The Morgan fingerprint density at radius 2 is 1.89 bits per heavy atom. The zero-order valence-electron chi connectivity index (χ0n) is 19.3. The third-order valence-corrected chi connectivity index (χ3v) is 5.85. The molecule has 0 spiro atoms. The Hall–Kier alpha value is -4.18. The summed E-state index contributed by atoms with van der Waals surface area (Å²) in [7, 11) is 0. The van der Waals surface area contributed by atoms with Gasteiger partial charge in [-0.05, 0) is 80.1 Å². The van der Waals surface area contributed by atoms with E-state index in [1.807, 2.05) is 47.9 Å². The predicted molar refractivity (Wildman–Crippen MR) is 135 cm³/mol. The molecule has 4 aromatic rings. The lowest BCUT2D eigenvalue weighted by Crippen LogP contribution is -2.21. The number of carbonyl (C=O) groups excluding carboxylic acids is 1. The summed E-state index contributed by atoms with van der Waals surface area (Å²) in [4.78, 5) is 16.7. The molecule has 0 aliphatic rings. The molecule has 2 heterocycles. The monoisotopic (exact) mass is 488 g/mol. The average Bonchev–Trinajstić information content (AvgIpc) is 3.31. The molecule has 10 heteroatoms. The van der Waals surface area contributed by atoms with Crippen LogP contribution < -0.4 is 10.2 Å². The minimum Gasteiger partial charge on any atom is -0.508 e. The van der Waals surface area contributed by atoms with Crippen LogP contribution in [0.5, 0.6) is 11.5 Å². The van der Waals surface area contributed by atoms with Gasteiger partial charge in [0.1, 0.15) is 11.5 Å². The van der Waals surface area contributed by atoms with Crippen molar-refractivity contribution in [1.82, 2.24) is 25.2 Å². The first-order chi connectivity index (χ1) is 17.0. The van der Waals surface area contributed by atoms with Crippen LogP contribution in [0, 0.1) is 0 Å². The lowest BCUT2D eigenvalue weighted by atomic mass is 10.1. The fourth-order valence-electron chi connectivity index (χ4n) is 3.21.